The molecule has 0 fully saturated rings. The van der Waals surface area contributed by atoms with Gasteiger partial charge in [-0.2, -0.15) is 13.2 Å². The number of cyclic esters (lactones) is 1. The monoisotopic (exact) mass is 414 g/mol. The van der Waals surface area contributed by atoms with Crippen molar-refractivity contribution in [3.63, 3.8) is 0 Å². The lowest BCUT2D eigenvalue weighted by atomic mass is 9.94. The van der Waals surface area contributed by atoms with Crippen molar-refractivity contribution >= 4 is 27.0 Å². The molecule has 0 saturated carbocycles. The van der Waals surface area contributed by atoms with Crippen molar-refractivity contribution in [1.29, 1.82) is 0 Å². The van der Waals surface area contributed by atoms with Crippen molar-refractivity contribution in [1.82, 2.24) is 0 Å². The molecular formula is C19H14F4O4S. The number of halogens is 4. The molecule has 0 saturated heterocycles. The van der Waals surface area contributed by atoms with Crippen LogP contribution < -0.4 is 0 Å². The minimum absolute atomic E-state index is 0.00619. The van der Waals surface area contributed by atoms with E-state index < -0.39 is 38.3 Å². The van der Waals surface area contributed by atoms with Gasteiger partial charge in [0, 0.05) is 11.8 Å². The van der Waals surface area contributed by atoms with Crippen LogP contribution in [0.2, 0.25) is 0 Å². The molecule has 2 aromatic rings. The van der Waals surface area contributed by atoms with Crippen LogP contribution in [-0.2, 0) is 25.5 Å². The number of alkyl halides is 3. The highest BCUT2D eigenvalue weighted by atomic mass is 32.2. The number of esters is 1. The van der Waals surface area contributed by atoms with Gasteiger partial charge in [0.25, 0.3) is 0 Å². The number of hydrogen-bond donors (Lipinski definition) is 0. The minimum atomic E-state index is -4.60. The van der Waals surface area contributed by atoms with E-state index in [9.17, 15) is 30.8 Å². The molecule has 148 valence electrons. The summed E-state index contributed by atoms with van der Waals surface area (Å²) in [5, 5.41) is 0. The lowest BCUT2D eigenvalue weighted by Gasteiger charge is -2.13. The quantitative estimate of drug-likeness (QED) is 0.562. The summed E-state index contributed by atoms with van der Waals surface area (Å²) in [6, 6.07) is 6.69. The van der Waals surface area contributed by atoms with E-state index in [0.717, 1.165) is 24.5 Å². The van der Waals surface area contributed by atoms with Gasteiger partial charge in [-0.15, -0.1) is 0 Å². The summed E-state index contributed by atoms with van der Waals surface area (Å²) in [6.45, 7) is 1.04. The summed E-state index contributed by atoms with van der Waals surface area (Å²) in [4.78, 5) is 11.6. The molecule has 4 nitrogen and oxygen atoms in total. The van der Waals surface area contributed by atoms with E-state index in [-0.39, 0.29) is 34.4 Å². The molecule has 0 N–H and O–H groups in total. The summed E-state index contributed by atoms with van der Waals surface area (Å²) in [6.07, 6.45) is -3.75. The highest BCUT2D eigenvalue weighted by Gasteiger charge is 2.34. The molecule has 0 amide bonds. The first-order valence-corrected chi connectivity index (χ1v) is 9.87. The Balaban J connectivity index is 2.18. The van der Waals surface area contributed by atoms with Crippen LogP contribution >= 0.6 is 0 Å². The minimum Gasteiger partial charge on any atom is -0.457 e. The molecular weight excluding hydrogens is 400 g/mol. The fourth-order valence-electron chi connectivity index (χ4n) is 3.00. The van der Waals surface area contributed by atoms with Crippen molar-refractivity contribution in [2.75, 3.05) is 12.9 Å². The Bertz CT molecular complexity index is 1120. The molecule has 9 heteroatoms. The Morgan fingerprint density at radius 1 is 1.04 bits per heavy atom. The largest absolute Gasteiger partial charge is 0.457 e. The lowest BCUT2D eigenvalue weighted by Crippen LogP contribution is -2.09. The van der Waals surface area contributed by atoms with Crippen LogP contribution in [0.5, 0.6) is 0 Å². The zero-order valence-electron chi connectivity index (χ0n) is 14.7. The van der Waals surface area contributed by atoms with Crippen LogP contribution in [0.3, 0.4) is 0 Å². The Morgan fingerprint density at radius 2 is 1.68 bits per heavy atom. The number of benzene rings is 2. The van der Waals surface area contributed by atoms with E-state index in [2.05, 4.69) is 0 Å². The normalized spacial score (nSPS) is 15.1. The maximum atomic E-state index is 14.2. The third kappa shape index (κ3) is 3.66. The van der Waals surface area contributed by atoms with Crippen LogP contribution in [0.1, 0.15) is 22.3 Å². The molecule has 0 bridgehead atoms. The van der Waals surface area contributed by atoms with E-state index in [1.807, 2.05) is 0 Å². The average molecular weight is 414 g/mol. The summed E-state index contributed by atoms with van der Waals surface area (Å²) < 4.78 is 81.9. The number of carbonyl (C=O) groups is 1. The zero-order valence-corrected chi connectivity index (χ0v) is 15.5. The summed E-state index contributed by atoms with van der Waals surface area (Å²) in [7, 11) is -3.79. The van der Waals surface area contributed by atoms with Crippen LogP contribution in [0, 0.1) is 12.7 Å². The van der Waals surface area contributed by atoms with Crippen LogP contribution in [-0.4, -0.2) is 27.2 Å². The van der Waals surface area contributed by atoms with E-state index in [0.29, 0.717) is 0 Å². The summed E-state index contributed by atoms with van der Waals surface area (Å²) >= 11 is 0. The number of aryl methyl sites for hydroxylation is 1. The summed E-state index contributed by atoms with van der Waals surface area (Å²) in [5.41, 5.74) is -0.690. The molecule has 0 spiro atoms. The van der Waals surface area contributed by atoms with Crippen molar-refractivity contribution in [2.45, 2.75) is 18.0 Å². The maximum Gasteiger partial charge on any atom is 0.416 e. The molecule has 28 heavy (non-hydrogen) atoms. The Kier molecular flexibility index (Phi) is 4.82. The lowest BCUT2D eigenvalue weighted by molar-refractivity contribution is -0.138. The van der Waals surface area contributed by atoms with Crippen molar-refractivity contribution in [2.24, 2.45) is 0 Å². The molecule has 0 radical (unpaired) electrons. The zero-order chi connectivity index (χ0) is 20.9. The first-order chi connectivity index (χ1) is 12.9. The molecule has 1 aliphatic heterocycles. The molecule has 0 atom stereocenters. The van der Waals surface area contributed by atoms with Crippen LogP contribution in [0.25, 0.3) is 11.1 Å². The first-order valence-electron chi connectivity index (χ1n) is 7.98. The van der Waals surface area contributed by atoms with E-state index in [1.165, 1.54) is 25.1 Å². The summed E-state index contributed by atoms with van der Waals surface area (Å²) in [5.74, 6) is -1.86. The topological polar surface area (TPSA) is 60.4 Å². The Labute approximate surface area is 158 Å². The molecule has 2 aromatic carbocycles. The van der Waals surface area contributed by atoms with Gasteiger partial charge in [0.05, 0.1) is 11.1 Å². The second-order valence-corrected chi connectivity index (χ2v) is 8.36. The second kappa shape index (κ2) is 6.73. The SMILES string of the molecule is Cc1ccc(C2=C(c3ccc(S(C)(=O)=O)c(F)c3)COC2=O)cc1C(F)(F)F. The predicted molar refractivity (Wildman–Crippen MR) is 93.5 cm³/mol. The van der Waals surface area contributed by atoms with Crippen LogP contribution in [0.15, 0.2) is 41.3 Å². The third-order valence-electron chi connectivity index (χ3n) is 4.36. The maximum absolute atomic E-state index is 14.2. The number of ether oxygens (including phenoxy) is 1. The van der Waals surface area contributed by atoms with Crippen molar-refractivity contribution in [3.05, 3.63) is 64.5 Å². The van der Waals surface area contributed by atoms with E-state index in [4.69, 9.17) is 4.74 Å². The van der Waals surface area contributed by atoms with Crippen LogP contribution in [0.4, 0.5) is 17.6 Å². The van der Waals surface area contributed by atoms with Gasteiger partial charge < -0.3 is 4.74 Å². The third-order valence-corrected chi connectivity index (χ3v) is 5.49. The van der Waals surface area contributed by atoms with Crippen molar-refractivity contribution < 1.29 is 35.5 Å². The van der Waals surface area contributed by atoms with E-state index >= 15 is 0 Å². The molecule has 0 aliphatic carbocycles. The van der Waals surface area contributed by atoms with Gasteiger partial charge in [-0.05, 0) is 41.8 Å². The van der Waals surface area contributed by atoms with Gasteiger partial charge in [0.1, 0.15) is 17.3 Å². The van der Waals surface area contributed by atoms with Gasteiger partial charge in [-0.25, -0.2) is 17.6 Å². The molecule has 0 unspecified atom stereocenters. The Morgan fingerprint density at radius 3 is 2.25 bits per heavy atom. The number of hydrogen-bond acceptors (Lipinski definition) is 4. The molecule has 0 aromatic heterocycles. The van der Waals surface area contributed by atoms with Crippen molar-refractivity contribution in [3.8, 4) is 0 Å². The highest BCUT2D eigenvalue weighted by Crippen LogP contribution is 2.38. The van der Waals surface area contributed by atoms with E-state index in [1.54, 1.807) is 0 Å². The molecule has 1 aliphatic rings. The number of sulfone groups is 1. The van der Waals surface area contributed by atoms with Gasteiger partial charge in [-0.3, -0.25) is 0 Å². The fraction of sp³-hybridized carbons (Fsp3) is 0.211. The highest BCUT2D eigenvalue weighted by molar-refractivity contribution is 7.90. The Hall–Kier alpha value is -2.68. The number of carbonyl (C=O) groups excluding carboxylic acids is 1. The van der Waals surface area contributed by atoms with Gasteiger partial charge >= 0.3 is 12.1 Å². The fourth-order valence-corrected chi connectivity index (χ4v) is 3.73. The predicted octanol–water partition coefficient (Wildman–Crippen LogP) is 4.02. The first kappa shape index (κ1) is 20.1. The second-order valence-electron chi connectivity index (χ2n) is 6.37. The van der Waals surface area contributed by atoms with Gasteiger partial charge in [0.15, 0.2) is 9.84 Å². The number of rotatable bonds is 3. The smallest absolute Gasteiger partial charge is 0.416 e. The molecule has 3 rings (SSSR count). The average Bonchev–Trinajstić information content (AvgIpc) is 2.94. The molecule has 1 heterocycles. The standard InChI is InChI=1S/C19H14F4O4S/c1-10-3-4-12(7-14(10)19(21,22)23)17-13(9-27-18(17)24)11-5-6-16(15(20)8-11)28(2,25)26/h3-8H,9H2,1-2H3. The van der Waals surface area contributed by atoms with Gasteiger partial charge in [-0.1, -0.05) is 18.2 Å². The van der Waals surface area contributed by atoms with Gasteiger partial charge in [0.2, 0.25) is 0 Å².